The minimum absolute atomic E-state index is 0.101. The standard InChI is InChI=1S/C27H32N4O5S/c1-19(32)29-22-9-11-24(12-10-22)37(35,36)30-25-7-2-3-8-26(25)31-15-13-21(14-16-31)28-18-27(34)20-5-4-6-23(33)17-20/h2-12,17,21,27-28,30,33-34H,13-16,18H2,1H3,(H,29,32). The fraction of sp³-hybridized carbons (Fsp3) is 0.296. The van der Waals surface area contributed by atoms with E-state index < -0.39 is 16.1 Å². The van der Waals surface area contributed by atoms with Gasteiger partial charge in [-0.15, -0.1) is 0 Å². The molecule has 3 aromatic rings. The molecular formula is C27H32N4O5S. The third-order valence-electron chi connectivity index (χ3n) is 6.32. The molecule has 1 saturated heterocycles. The van der Waals surface area contributed by atoms with Crippen molar-refractivity contribution in [2.45, 2.75) is 36.8 Å². The molecule has 0 spiro atoms. The lowest BCUT2D eigenvalue weighted by atomic mass is 10.0. The molecule has 1 heterocycles. The van der Waals surface area contributed by atoms with Gasteiger partial charge in [0, 0.05) is 38.3 Å². The molecule has 10 heteroatoms. The Labute approximate surface area is 217 Å². The summed E-state index contributed by atoms with van der Waals surface area (Å²) in [7, 11) is -3.83. The average molecular weight is 525 g/mol. The monoisotopic (exact) mass is 524 g/mol. The van der Waals surface area contributed by atoms with Crippen LogP contribution in [0.15, 0.2) is 77.7 Å². The van der Waals surface area contributed by atoms with Crippen LogP contribution in [0.2, 0.25) is 0 Å². The predicted molar refractivity (Wildman–Crippen MR) is 144 cm³/mol. The Balaban J connectivity index is 1.36. The number of amides is 1. The molecule has 9 nitrogen and oxygen atoms in total. The number of aliphatic hydroxyl groups excluding tert-OH is 1. The van der Waals surface area contributed by atoms with Crippen LogP contribution in [-0.4, -0.2) is 50.2 Å². The number of carbonyl (C=O) groups is 1. The van der Waals surface area contributed by atoms with Crippen molar-refractivity contribution >= 4 is 33.0 Å². The minimum Gasteiger partial charge on any atom is -0.508 e. The van der Waals surface area contributed by atoms with Crippen molar-refractivity contribution < 1.29 is 23.4 Å². The van der Waals surface area contributed by atoms with Gasteiger partial charge in [0.05, 0.1) is 22.4 Å². The van der Waals surface area contributed by atoms with Crippen molar-refractivity contribution in [2.24, 2.45) is 0 Å². The third kappa shape index (κ3) is 7.00. The van der Waals surface area contributed by atoms with Crippen LogP contribution in [0.4, 0.5) is 17.1 Å². The maximum absolute atomic E-state index is 13.0. The smallest absolute Gasteiger partial charge is 0.261 e. The predicted octanol–water partition coefficient (Wildman–Crippen LogP) is 3.44. The summed E-state index contributed by atoms with van der Waals surface area (Å²) >= 11 is 0. The van der Waals surface area contributed by atoms with Gasteiger partial charge >= 0.3 is 0 Å². The minimum atomic E-state index is -3.83. The number of phenols is 1. The second kappa shape index (κ2) is 11.6. The van der Waals surface area contributed by atoms with Crippen molar-refractivity contribution in [1.82, 2.24) is 5.32 Å². The normalized spacial score (nSPS) is 15.2. The number of nitrogens with zero attached hydrogens (tertiary/aromatic N) is 1. The highest BCUT2D eigenvalue weighted by atomic mass is 32.2. The molecule has 1 fully saturated rings. The quantitative estimate of drug-likeness (QED) is 0.290. The number of piperidine rings is 1. The largest absolute Gasteiger partial charge is 0.508 e. The van der Waals surface area contributed by atoms with E-state index in [1.807, 2.05) is 12.1 Å². The van der Waals surface area contributed by atoms with E-state index in [2.05, 4.69) is 20.3 Å². The molecule has 0 bridgehead atoms. The fourth-order valence-corrected chi connectivity index (χ4v) is 5.49. The van der Waals surface area contributed by atoms with Gasteiger partial charge in [-0.2, -0.15) is 0 Å². The molecular weight excluding hydrogens is 492 g/mol. The summed E-state index contributed by atoms with van der Waals surface area (Å²) in [6, 6.07) is 20.2. The molecule has 1 aliphatic heterocycles. The molecule has 3 aromatic carbocycles. The molecule has 0 saturated carbocycles. The molecule has 0 aromatic heterocycles. The van der Waals surface area contributed by atoms with Gasteiger partial charge in [-0.05, 0) is 66.9 Å². The van der Waals surface area contributed by atoms with Gasteiger partial charge in [0.15, 0.2) is 0 Å². The number of para-hydroxylation sites is 2. The van der Waals surface area contributed by atoms with Gasteiger partial charge in [-0.1, -0.05) is 24.3 Å². The first kappa shape index (κ1) is 26.5. The number of nitrogens with one attached hydrogen (secondary N) is 3. The van der Waals surface area contributed by atoms with Crippen LogP contribution in [0, 0.1) is 0 Å². The van der Waals surface area contributed by atoms with Crippen molar-refractivity contribution in [1.29, 1.82) is 0 Å². The van der Waals surface area contributed by atoms with E-state index in [1.54, 1.807) is 48.5 Å². The van der Waals surface area contributed by atoms with Crippen LogP contribution in [0.5, 0.6) is 5.75 Å². The molecule has 4 rings (SSSR count). The van der Waals surface area contributed by atoms with E-state index in [0.29, 0.717) is 23.5 Å². The van der Waals surface area contributed by atoms with Crippen molar-refractivity contribution in [3.63, 3.8) is 0 Å². The summed E-state index contributed by atoms with van der Waals surface area (Å²) in [5, 5.41) is 26.1. The molecule has 37 heavy (non-hydrogen) atoms. The zero-order chi connectivity index (χ0) is 26.4. The highest BCUT2D eigenvalue weighted by Crippen LogP contribution is 2.30. The van der Waals surface area contributed by atoms with Crippen LogP contribution in [-0.2, 0) is 14.8 Å². The number of benzene rings is 3. The molecule has 196 valence electrons. The van der Waals surface area contributed by atoms with E-state index in [4.69, 9.17) is 0 Å². The lowest BCUT2D eigenvalue weighted by molar-refractivity contribution is -0.114. The zero-order valence-electron chi connectivity index (χ0n) is 20.6. The second-order valence-corrected chi connectivity index (χ2v) is 10.8. The van der Waals surface area contributed by atoms with Gasteiger partial charge in [0.1, 0.15) is 5.75 Å². The first-order valence-electron chi connectivity index (χ1n) is 12.2. The van der Waals surface area contributed by atoms with Gasteiger partial charge in [0.25, 0.3) is 10.0 Å². The molecule has 1 atom stereocenters. The van der Waals surface area contributed by atoms with Gasteiger partial charge in [0.2, 0.25) is 5.91 Å². The molecule has 0 radical (unpaired) electrons. The van der Waals surface area contributed by atoms with Crippen LogP contribution in [0.1, 0.15) is 31.4 Å². The van der Waals surface area contributed by atoms with Crippen LogP contribution in [0.25, 0.3) is 0 Å². The Morgan fingerprint density at radius 3 is 2.41 bits per heavy atom. The number of rotatable bonds is 9. The Morgan fingerprint density at radius 1 is 1.03 bits per heavy atom. The number of phenolic OH excluding ortho intramolecular Hbond substituents is 1. The lowest BCUT2D eigenvalue weighted by Crippen LogP contribution is -2.43. The number of aliphatic hydroxyl groups is 1. The second-order valence-electron chi connectivity index (χ2n) is 9.11. The van der Waals surface area contributed by atoms with Gasteiger partial charge in [-0.25, -0.2) is 8.42 Å². The van der Waals surface area contributed by atoms with E-state index in [9.17, 15) is 23.4 Å². The summed E-state index contributed by atoms with van der Waals surface area (Å²) in [5.74, 6) is -0.101. The average Bonchev–Trinajstić information content (AvgIpc) is 2.88. The topological polar surface area (TPSA) is 131 Å². The summed E-state index contributed by atoms with van der Waals surface area (Å²) in [6.45, 7) is 3.22. The molecule has 1 amide bonds. The number of sulfonamides is 1. The zero-order valence-corrected chi connectivity index (χ0v) is 21.4. The number of hydrogen-bond acceptors (Lipinski definition) is 7. The van der Waals surface area contributed by atoms with E-state index in [1.165, 1.54) is 19.1 Å². The molecule has 5 N–H and O–H groups in total. The first-order valence-corrected chi connectivity index (χ1v) is 13.6. The van der Waals surface area contributed by atoms with Crippen molar-refractivity contribution in [3.8, 4) is 5.75 Å². The SMILES string of the molecule is CC(=O)Nc1ccc(S(=O)(=O)Nc2ccccc2N2CCC(NCC(O)c3cccc(O)c3)CC2)cc1. The number of carbonyl (C=O) groups excluding carboxylic acids is 1. The Kier molecular flexibility index (Phi) is 8.32. The van der Waals surface area contributed by atoms with Gasteiger partial charge < -0.3 is 25.7 Å². The van der Waals surface area contributed by atoms with Gasteiger partial charge in [-0.3, -0.25) is 9.52 Å². The maximum Gasteiger partial charge on any atom is 0.261 e. The summed E-state index contributed by atoms with van der Waals surface area (Å²) in [5.41, 5.74) is 2.49. The summed E-state index contributed by atoms with van der Waals surface area (Å²) < 4.78 is 28.8. The molecule has 1 unspecified atom stereocenters. The van der Waals surface area contributed by atoms with Crippen LogP contribution < -0.4 is 20.3 Å². The molecule has 1 aliphatic rings. The van der Waals surface area contributed by atoms with Crippen molar-refractivity contribution in [2.75, 3.05) is 34.6 Å². The number of anilines is 3. The summed E-state index contributed by atoms with van der Waals surface area (Å²) in [6.07, 6.45) is 0.948. The Hall–Kier alpha value is -3.60. The number of aromatic hydroxyl groups is 1. The van der Waals surface area contributed by atoms with E-state index >= 15 is 0 Å². The lowest BCUT2D eigenvalue weighted by Gasteiger charge is -2.35. The highest BCUT2D eigenvalue weighted by Gasteiger charge is 2.23. The van der Waals surface area contributed by atoms with E-state index in [0.717, 1.165) is 31.6 Å². The first-order chi connectivity index (χ1) is 17.7. The Morgan fingerprint density at radius 2 is 1.73 bits per heavy atom. The van der Waals surface area contributed by atoms with Crippen LogP contribution in [0.3, 0.4) is 0 Å². The fourth-order valence-electron chi connectivity index (χ4n) is 4.41. The van der Waals surface area contributed by atoms with Crippen molar-refractivity contribution in [3.05, 3.63) is 78.4 Å². The Bertz CT molecular complexity index is 1320. The number of hydrogen-bond donors (Lipinski definition) is 5. The highest BCUT2D eigenvalue weighted by molar-refractivity contribution is 7.92. The molecule has 0 aliphatic carbocycles. The summed E-state index contributed by atoms with van der Waals surface area (Å²) in [4.78, 5) is 13.5. The van der Waals surface area contributed by atoms with E-state index in [-0.39, 0.29) is 22.6 Å². The maximum atomic E-state index is 13.0. The third-order valence-corrected chi connectivity index (χ3v) is 7.71. The van der Waals surface area contributed by atoms with Crippen LogP contribution >= 0.6 is 0 Å².